The number of carbonyl (C=O) groups is 1. The lowest BCUT2D eigenvalue weighted by molar-refractivity contribution is -0.141. The highest BCUT2D eigenvalue weighted by atomic mass is 16.7. The number of hydroxylamine groups is 1. The Hall–Kier alpha value is -1.65. The minimum Gasteiger partial charge on any atom is -0.303 e. The van der Waals surface area contributed by atoms with Crippen LogP contribution in [0.3, 0.4) is 0 Å². The van der Waals surface area contributed by atoms with Crippen LogP contribution in [-0.2, 0) is 16.2 Å². The van der Waals surface area contributed by atoms with E-state index >= 15 is 0 Å². The molecule has 0 aromatic heterocycles. The normalized spacial score (nSPS) is 21.0. The molecular weight excluding hydrogens is 264 g/mol. The summed E-state index contributed by atoms with van der Waals surface area (Å²) in [6, 6.07) is 9.81. The first kappa shape index (κ1) is 15.7. The van der Waals surface area contributed by atoms with Crippen LogP contribution in [0, 0.1) is 0 Å². The minimum atomic E-state index is -0.520. The minimum absolute atomic E-state index is 0.0755. The largest absolute Gasteiger partial charge is 0.303 e. The summed E-state index contributed by atoms with van der Waals surface area (Å²) in [6.07, 6.45) is 4.67. The van der Waals surface area contributed by atoms with Crippen molar-refractivity contribution in [1.29, 1.82) is 0 Å². The Kier molecular flexibility index (Phi) is 5.53. The van der Waals surface area contributed by atoms with Crippen LogP contribution < -0.4 is 10.8 Å². The molecule has 2 N–H and O–H groups in total. The number of carbonyl (C=O) groups excluding carboxylic acids is 1. The Morgan fingerprint density at radius 3 is 2.76 bits per heavy atom. The lowest BCUT2D eigenvalue weighted by Crippen LogP contribution is -2.53. The molecule has 0 unspecified atom stereocenters. The van der Waals surface area contributed by atoms with E-state index in [9.17, 15) is 4.79 Å². The molecule has 1 saturated heterocycles. The highest BCUT2D eigenvalue weighted by Crippen LogP contribution is 2.24. The Balaban J connectivity index is 1.89. The van der Waals surface area contributed by atoms with Gasteiger partial charge in [-0.15, -0.1) is 0 Å². The van der Waals surface area contributed by atoms with Crippen LogP contribution in [0.1, 0.15) is 38.7 Å². The van der Waals surface area contributed by atoms with E-state index in [1.807, 2.05) is 44.2 Å². The molecule has 0 radical (unpaired) electrons. The maximum Gasteiger partial charge on any atom is 0.264 e. The molecule has 1 amide bonds. The molecule has 0 spiro atoms. The molecule has 4 nitrogen and oxygen atoms in total. The summed E-state index contributed by atoms with van der Waals surface area (Å²) in [7, 11) is 0. The second-order valence-corrected chi connectivity index (χ2v) is 5.80. The van der Waals surface area contributed by atoms with E-state index in [1.165, 1.54) is 5.57 Å². The van der Waals surface area contributed by atoms with Gasteiger partial charge in [0.05, 0.1) is 6.61 Å². The van der Waals surface area contributed by atoms with Crippen LogP contribution in [0.25, 0.3) is 0 Å². The molecule has 1 heterocycles. The topological polar surface area (TPSA) is 50.4 Å². The zero-order valence-corrected chi connectivity index (χ0v) is 12.8. The summed E-state index contributed by atoms with van der Waals surface area (Å²) in [6.45, 7) is 5.35. The van der Waals surface area contributed by atoms with Gasteiger partial charge in [0.2, 0.25) is 0 Å². The van der Waals surface area contributed by atoms with Crippen molar-refractivity contribution in [2.45, 2.75) is 45.3 Å². The Labute approximate surface area is 126 Å². The fourth-order valence-corrected chi connectivity index (χ4v) is 2.50. The van der Waals surface area contributed by atoms with Crippen molar-refractivity contribution >= 4 is 5.91 Å². The number of benzene rings is 1. The van der Waals surface area contributed by atoms with Gasteiger partial charge in [-0.2, -0.15) is 0 Å². The molecule has 0 saturated carbocycles. The second kappa shape index (κ2) is 7.38. The van der Waals surface area contributed by atoms with Crippen molar-refractivity contribution in [1.82, 2.24) is 10.8 Å². The summed E-state index contributed by atoms with van der Waals surface area (Å²) in [5, 5.41) is 3.34. The van der Waals surface area contributed by atoms with Gasteiger partial charge in [0, 0.05) is 0 Å². The van der Waals surface area contributed by atoms with Crippen LogP contribution in [0.15, 0.2) is 42.0 Å². The number of hydrogen-bond acceptors (Lipinski definition) is 3. The predicted molar refractivity (Wildman–Crippen MR) is 83.4 cm³/mol. The zero-order valence-electron chi connectivity index (χ0n) is 12.8. The standard InChI is InChI=1S/C17H24N2O2/c1-14(2)9-11-17(10-6-12-18-17)16(20)19-21-13-15-7-4-3-5-8-15/h3-5,7-9,18H,6,10-13H2,1-2H3,(H,19,20)/t17-/m1/s1. The molecule has 114 valence electrons. The summed E-state index contributed by atoms with van der Waals surface area (Å²) in [4.78, 5) is 17.8. The Morgan fingerprint density at radius 1 is 1.38 bits per heavy atom. The summed E-state index contributed by atoms with van der Waals surface area (Å²) in [5.41, 5.74) is 4.35. The first-order valence-electron chi connectivity index (χ1n) is 7.47. The number of rotatable bonds is 6. The first-order valence-corrected chi connectivity index (χ1v) is 7.47. The third-order valence-electron chi connectivity index (χ3n) is 3.78. The van der Waals surface area contributed by atoms with E-state index in [2.05, 4.69) is 16.9 Å². The molecule has 1 aromatic rings. The van der Waals surface area contributed by atoms with Gasteiger partial charge in [-0.3, -0.25) is 9.63 Å². The van der Waals surface area contributed by atoms with Crippen molar-refractivity contribution in [2.75, 3.05) is 6.54 Å². The van der Waals surface area contributed by atoms with Crippen LogP contribution in [0.4, 0.5) is 0 Å². The maximum atomic E-state index is 12.4. The van der Waals surface area contributed by atoms with E-state index in [4.69, 9.17) is 4.84 Å². The molecule has 2 rings (SSSR count). The average molecular weight is 288 g/mol. The van der Waals surface area contributed by atoms with Crippen LogP contribution in [0.5, 0.6) is 0 Å². The van der Waals surface area contributed by atoms with E-state index in [0.29, 0.717) is 13.0 Å². The van der Waals surface area contributed by atoms with Crippen molar-refractivity contribution in [3.05, 3.63) is 47.5 Å². The first-order chi connectivity index (χ1) is 10.1. The number of nitrogens with one attached hydrogen (secondary N) is 2. The number of amides is 1. The fourth-order valence-electron chi connectivity index (χ4n) is 2.50. The van der Waals surface area contributed by atoms with Gasteiger partial charge in [-0.25, -0.2) is 5.48 Å². The van der Waals surface area contributed by atoms with Gasteiger partial charge in [-0.1, -0.05) is 42.0 Å². The molecule has 1 aromatic carbocycles. The lowest BCUT2D eigenvalue weighted by Gasteiger charge is -2.26. The van der Waals surface area contributed by atoms with E-state index in [1.54, 1.807) is 0 Å². The van der Waals surface area contributed by atoms with Gasteiger partial charge >= 0.3 is 0 Å². The monoisotopic (exact) mass is 288 g/mol. The Morgan fingerprint density at radius 2 is 2.14 bits per heavy atom. The summed E-state index contributed by atoms with van der Waals surface area (Å²) >= 11 is 0. The predicted octanol–water partition coefficient (Wildman–Crippen LogP) is 2.71. The van der Waals surface area contributed by atoms with Gasteiger partial charge in [-0.05, 0) is 45.2 Å². The fraction of sp³-hybridized carbons (Fsp3) is 0.471. The summed E-state index contributed by atoms with van der Waals surface area (Å²) < 4.78 is 0. The average Bonchev–Trinajstić information content (AvgIpc) is 2.96. The van der Waals surface area contributed by atoms with Gasteiger partial charge < -0.3 is 5.32 Å². The van der Waals surface area contributed by atoms with Crippen molar-refractivity contribution in [3.8, 4) is 0 Å². The highest BCUT2D eigenvalue weighted by Gasteiger charge is 2.40. The van der Waals surface area contributed by atoms with Gasteiger partial charge in [0.1, 0.15) is 5.54 Å². The molecule has 1 fully saturated rings. The van der Waals surface area contributed by atoms with Gasteiger partial charge in [0.25, 0.3) is 5.91 Å². The molecule has 0 aliphatic carbocycles. The zero-order chi connectivity index (χ0) is 15.1. The van der Waals surface area contributed by atoms with E-state index < -0.39 is 5.54 Å². The van der Waals surface area contributed by atoms with E-state index in [0.717, 1.165) is 24.9 Å². The third kappa shape index (κ3) is 4.41. The quantitative estimate of drug-likeness (QED) is 0.625. The molecule has 1 atom stereocenters. The Bertz CT molecular complexity index is 487. The van der Waals surface area contributed by atoms with Crippen LogP contribution in [-0.4, -0.2) is 18.0 Å². The molecular formula is C17H24N2O2. The van der Waals surface area contributed by atoms with Gasteiger partial charge in [0.15, 0.2) is 0 Å². The van der Waals surface area contributed by atoms with Crippen molar-refractivity contribution < 1.29 is 9.63 Å². The second-order valence-electron chi connectivity index (χ2n) is 5.80. The number of hydrogen-bond donors (Lipinski definition) is 2. The SMILES string of the molecule is CC(C)=CC[C@@]1(C(=O)NOCc2ccccc2)CCCN1. The van der Waals surface area contributed by atoms with Crippen LogP contribution >= 0.6 is 0 Å². The van der Waals surface area contributed by atoms with Crippen molar-refractivity contribution in [3.63, 3.8) is 0 Å². The van der Waals surface area contributed by atoms with Crippen LogP contribution in [0.2, 0.25) is 0 Å². The maximum absolute atomic E-state index is 12.4. The van der Waals surface area contributed by atoms with Crippen molar-refractivity contribution in [2.24, 2.45) is 0 Å². The lowest BCUT2D eigenvalue weighted by atomic mass is 9.91. The molecule has 0 bridgehead atoms. The molecule has 1 aliphatic rings. The molecule has 1 aliphatic heterocycles. The molecule has 21 heavy (non-hydrogen) atoms. The van der Waals surface area contributed by atoms with E-state index in [-0.39, 0.29) is 5.91 Å². The summed E-state index contributed by atoms with van der Waals surface area (Å²) in [5.74, 6) is -0.0755. The number of allylic oxidation sites excluding steroid dienone is 1. The molecule has 4 heteroatoms. The highest BCUT2D eigenvalue weighted by molar-refractivity contribution is 5.86. The smallest absolute Gasteiger partial charge is 0.264 e. The third-order valence-corrected chi connectivity index (χ3v) is 3.78.